The van der Waals surface area contributed by atoms with Crippen molar-refractivity contribution >= 4 is 11.8 Å². The molecule has 18 heavy (non-hydrogen) atoms. The lowest BCUT2D eigenvalue weighted by molar-refractivity contribution is 0.0984. The second kappa shape index (κ2) is 4.97. The average Bonchev–Trinajstić information content (AvgIpc) is 2.36. The van der Waals surface area contributed by atoms with E-state index in [4.69, 9.17) is 0 Å². The van der Waals surface area contributed by atoms with Gasteiger partial charge in [0.2, 0.25) is 0 Å². The summed E-state index contributed by atoms with van der Waals surface area (Å²) in [7, 11) is 0. The normalized spacial score (nSPS) is 19.9. The standard InChI is InChI=1S/C16H21NS/c1-4-15(5-2)10-16(11-15,12-17)18-14-8-6-13(3)7-9-14/h6-9H,4-5,10-11H2,1-3H3. The molecule has 0 aliphatic heterocycles. The summed E-state index contributed by atoms with van der Waals surface area (Å²) in [6.07, 6.45) is 4.48. The third-order valence-corrected chi connectivity index (χ3v) is 5.64. The third kappa shape index (κ3) is 2.42. The molecule has 0 amide bonds. The fraction of sp³-hybridized carbons (Fsp3) is 0.562. The van der Waals surface area contributed by atoms with Crippen LogP contribution < -0.4 is 0 Å². The Labute approximate surface area is 115 Å². The van der Waals surface area contributed by atoms with Gasteiger partial charge in [-0.3, -0.25) is 0 Å². The van der Waals surface area contributed by atoms with Crippen LogP contribution in [-0.2, 0) is 0 Å². The molecule has 1 aliphatic rings. The predicted molar refractivity (Wildman–Crippen MR) is 77.6 cm³/mol. The van der Waals surface area contributed by atoms with Crippen LogP contribution in [0.1, 0.15) is 45.1 Å². The van der Waals surface area contributed by atoms with Gasteiger partial charge in [-0.1, -0.05) is 44.4 Å². The molecule has 0 unspecified atom stereocenters. The van der Waals surface area contributed by atoms with Crippen LogP contribution in [0.15, 0.2) is 29.2 Å². The summed E-state index contributed by atoms with van der Waals surface area (Å²) in [5, 5.41) is 9.50. The molecule has 1 fully saturated rings. The number of hydrogen-bond acceptors (Lipinski definition) is 2. The van der Waals surface area contributed by atoms with E-state index in [-0.39, 0.29) is 4.75 Å². The van der Waals surface area contributed by atoms with Gasteiger partial charge in [0, 0.05) is 4.90 Å². The Morgan fingerprint density at radius 1 is 1.17 bits per heavy atom. The van der Waals surface area contributed by atoms with Crippen LogP contribution in [0.25, 0.3) is 0 Å². The fourth-order valence-electron chi connectivity index (χ4n) is 2.92. The summed E-state index contributed by atoms with van der Waals surface area (Å²) in [6, 6.07) is 11.1. The van der Waals surface area contributed by atoms with Gasteiger partial charge in [0.1, 0.15) is 4.75 Å². The maximum absolute atomic E-state index is 9.50. The minimum Gasteiger partial charge on any atom is -0.197 e. The number of thioether (sulfide) groups is 1. The van der Waals surface area contributed by atoms with Crippen molar-refractivity contribution in [2.24, 2.45) is 5.41 Å². The fourth-order valence-corrected chi connectivity index (χ4v) is 4.44. The van der Waals surface area contributed by atoms with Crippen LogP contribution in [-0.4, -0.2) is 4.75 Å². The van der Waals surface area contributed by atoms with E-state index in [0.29, 0.717) is 5.41 Å². The second-order valence-corrected chi connectivity index (χ2v) is 7.04. The van der Waals surface area contributed by atoms with Gasteiger partial charge in [-0.05, 0) is 37.3 Å². The molecule has 0 N–H and O–H groups in total. The Morgan fingerprint density at radius 3 is 2.17 bits per heavy atom. The van der Waals surface area contributed by atoms with E-state index in [1.54, 1.807) is 11.8 Å². The van der Waals surface area contributed by atoms with Crippen molar-refractivity contribution in [2.75, 3.05) is 0 Å². The molecule has 0 radical (unpaired) electrons. The number of nitrogens with zero attached hydrogens (tertiary/aromatic N) is 1. The van der Waals surface area contributed by atoms with Crippen LogP contribution in [0.3, 0.4) is 0 Å². The van der Waals surface area contributed by atoms with Crippen molar-refractivity contribution in [1.29, 1.82) is 5.26 Å². The molecule has 0 aromatic heterocycles. The molecule has 1 aromatic rings. The maximum Gasteiger partial charge on any atom is 0.108 e. The van der Waals surface area contributed by atoms with Crippen molar-refractivity contribution in [2.45, 2.75) is 56.1 Å². The van der Waals surface area contributed by atoms with E-state index in [1.165, 1.54) is 23.3 Å². The molecule has 0 saturated heterocycles. The van der Waals surface area contributed by atoms with Gasteiger partial charge < -0.3 is 0 Å². The molecule has 2 rings (SSSR count). The molecule has 1 aromatic carbocycles. The Morgan fingerprint density at radius 2 is 1.72 bits per heavy atom. The monoisotopic (exact) mass is 259 g/mol. The molecule has 1 nitrogen and oxygen atoms in total. The van der Waals surface area contributed by atoms with Crippen molar-refractivity contribution in [3.05, 3.63) is 29.8 Å². The highest BCUT2D eigenvalue weighted by Gasteiger charge is 2.53. The quantitative estimate of drug-likeness (QED) is 0.764. The summed E-state index contributed by atoms with van der Waals surface area (Å²) in [5.41, 5.74) is 1.70. The van der Waals surface area contributed by atoms with E-state index in [0.717, 1.165) is 12.8 Å². The van der Waals surface area contributed by atoms with Crippen LogP contribution in [0.5, 0.6) is 0 Å². The summed E-state index contributed by atoms with van der Waals surface area (Å²) in [6.45, 7) is 6.60. The zero-order valence-corrected chi connectivity index (χ0v) is 12.3. The smallest absolute Gasteiger partial charge is 0.108 e. The minimum absolute atomic E-state index is 0.179. The van der Waals surface area contributed by atoms with Gasteiger partial charge in [-0.15, -0.1) is 11.8 Å². The SMILES string of the molecule is CCC1(CC)CC(C#N)(Sc2ccc(C)cc2)C1. The Bertz CT molecular complexity index is 443. The molecule has 0 atom stereocenters. The summed E-state index contributed by atoms with van der Waals surface area (Å²) in [5.74, 6) is 0. The predicted octanol–water partition coefficient (Wildman–Crippen LogP) is 4.95. The molecule has 0 spiro atoms. The molecule has 1 aliphatic carbocycles. The molecular formula is C16H21NS. The van der Waals surface area contributed by atoms with Crippen molar-refractivity contribution in [3.63, 3.8) is 0 Å². The highest BCUT2D eigenvalue weighted by molar-refractivity contribution is 8.01. The van der Waals surface area contributed by atoms with Gasteiger partial charge in [-0.25, -0.2) is 0 Å². The van der Waals surface area contributed by atoms with E-state index in [2.05, 4.69) is 51.1 Å². The van der Waals surface area contributed by atoms with Crippen LogP contribution in [0.4, 0.5) is 0 Å². The first-order valence-corrected chi connectivity index (χ1v) is 7.56. The molecule has 0 heterocycles. The first-order chi connectivity index (χ1) is 8.57. The highest BCUT2D eigenvalue weighted by Crippen LogP contribution is 2.60. The maximum atomic E-state index is 9.50. The van der Waals surface area contributed by atoms with Crippen LogP contribution >= 0.6 is 11.8 Å². The summed E-state index contributed by atoms with van der Waals surface area (Å²) < 4.78 is -0.179. The second-order valence-electron chi connectivity index (χ2n) is 5.58. The minimum atomic E-state index is -0.179. The van der Waals surface area contributed by atoms with E-state index >= 15 is 0 Å². The van der Waals surface area contributed by atoms with Gasteiger partial charge in [0.05, 0.1) is 6.07 Å². The third-order valence-electron chi connectivity index (χ3n) is 4.36. The number of aryl methyl sites for hydroxylation is 1. The number of hydrogen-bond donors (Lipinski definition) is 0. The summed E-state index contributed by atoms with van der Waals surface area (Å²) >= 11 is 1.76. The van der Waals surface area contributed by atoms with Crippen LogP contribution in [0.2, 0.25) is 0 Å². The lowest BCUT2D eigenvalue weighted by Crippen LogP contribution is -2.48. The largest absolute Gasteiger partial charge is 0.197 e. The van der Waals surface area contributed by atoms with Crippen LogP contribution in [0, 0.1) is 23.7 Å². The molecule has 2 heteroatoms. The molecule has 0 bridgehead atoms. The van der Waals surface area contributed by atoms with Gasteiger partial charge in [0.15, 0.2) is 0 Å². The molecular weight excluding hydrogens is 238 g/mol. The van der Waals surface area contributed by atoms with Gasteiger partial charge in [-0.2, -0.15) is 5.26 Å². The Hall–Kier alpha value is -0.940. The molecule has 96 valence electrons. The van der Waals surface area contributed by atoms with Crippen molar-refractivity contribution in [1.82, 2.24) is 0 Å². The first-order valence-electron chi connectivity index (χ1n) is 6.74. The first kappa shape index (κ1) is 13.5. The molecule has 1 saturated carbocycles. The lowest BCUT2D eigenvalue weighted by atomic mass is 9.59. The summed E-state index contributed by atoms with van der Waals surface area (Å²) in [4.78, 5) is 1.22. The average molecular weight is 259 g/mol. The zero-order chi connectivity index (χ0) is 13.2. The number of rotatable bonds is 4. The number of nitriles is 1. The zero-order valence-electron chi connectivity index (χ0n) is 11.5. The Balaban J connectivity index is 2.09. The van der Waals surface area contributed by atoms with E-state index in [1.807, 2.05) is 0 Å². The lowest BCUT2D eigenvalue weighted by Gasteiger charge is -2.52. The Kier molecular flexibility index (Phi) is 3.73. The highest BCUT2D eigenvalue weighted by atomic mass is 32.2. The van der Waals surface area contributed by atoms with E-state index in [9.17, 15) is 5.26 Å². The van der Waals surface area contributed by atoms with E-state index < -0.39 is 0 Å². The van der Waals surface area contributed by atoms with Gasteiger partial charge >= 0.3 is 0 Å². The topological polar surface area (TPSA) is 23.8 Å². The van der Waals surface area contributed by atoms with Crippen molar-refractivity contribution < 1.29 is 0 Å². The van der Waals surface area contributed by atoms with Crippen molar-refractivity contribution in [3.8, 4) is 6.07 Å². The number of benzene rings is 1. The van der Waals surface area contributed by atoms with Gasteiger partial charge in [0.25, 0.3) is 0 Å².